The second-order valence-electron chi connectivity index (χ2n) is 7.99. The number of thiazole rings is 1. The highest BCUT2D eigenvalue weighted by molar-refractivity contribution is 7.99. The van der Waals surface area contributed by atoms with Crippen LogP contribution in [0, 0.1) is 0 Å². The average molecular weight is 523 g/mol. The van der Waals surface area contributed by atoms with Crippen LogP contribution in [0.3, 0.4) is 0 Å². The minimum Gasteiger partial charge on any atom is -0.339 e. The van der Waals surface area contributed by atoms with E-state index in [0.717, 1.165) is 17.8 Å². The normalized spacial score (nSPS) is 13.6. The molecule has 1 aliphatic rings. The fraction of sp³-hybridized carbons (Fsp3) is 0.240. The number of rotatable bonds is 7. The Hall–Kier alpha value is -3.70. The molecule has 0 unspecified atom stereocenters. The number of urea groups is 1. The molecule has 1 saturated heterocycles. The molecule has 3 heterocycles. The van der Waals surface area contributed by atoms with Gasteiger partial charge in [0.1, 0.15) is 10.7 Å². The first kappa shape index (κ1) is 25.4. The molecule has 0 spiro atoms. The number of pyridine rings is 1. The molecule has 2 aromatic heterocycles. The summed E-state index contributed by atoms with van der Waals surface area (Å²) < 4.78 is 0. The van der Waals surface area contributed by atoms with E-state index in [1.54, 1.807) is 48.0 Å². The third-order valence-corrected chi connectivity index (χ3v) is 7.56. The largest absolute Gasteiger partial charge is 0.339 e. The van der Waals surface area contributed by atoms with Crippen molar-refractivity contribution in [2.45, 2.75) is 23.8 Å². The first-order valence-electron chi connectivity index (χ1n) is 11.4. The van der Waals surface area contributed by atoms with Crippen LogP contribution < -0.4 is 16.2 Å². The van der Waals surface area contributed by atoms with Gasteiger partial charge in [0.05, 0.1) is 10.6 Å². The number of nitrogens with one attached hydrogen (secondary N) is 3. The predicted molar refractivity (Wildman–Crippen MR) is 141 cm³/mol. The number of piperidine rings is 1. The summed E-state index contributed by atoms with van der Waals surface area (Å²) in [4.78, 5) is 48.2. The first-order chi connectivity index (χ1) is 17.5. The molecule has 1 aliphatic heterocycles. The van der Waals surface area contributed by atoms with Gasteiger partial charge in [-0.1, -0.05) is 24.3 Å². The fourth-order valence-electron chi connectivity index (χ4n) is 3.75. The summed E-state index contributed by atoms with van der Waals surface area (Å²) in [7, 11) is 0. The van der Waals surface area contributed by atoms with Crippen LogP contribution in [0.4, 0.5) is 10.5 Å². The lowest BCUT2D eigenvalue weighted by molar-refractivity contribution is 0.0708. The standard InChI is InChI=1S/C25H26N6O3S2/c1-2-15-35-23-19(9-6-12-26-23)24(33)31-13-10-17(11-14-31)22-28-20(16-36-22)21(32)29-30-25(34)27-18-7-4-3-5-8-18/h2-9,12,16-17H,1,10-11,13-15H2,(H,29,32)(H2,27,30,34). The molecular formula is C25H26N6O3S2. The molecule has 4 rings (SSSR count). The van der Waals surface area contributed by atoms with Gasteiger partial charge < -0.3 is 10.2 Å². The van der Waals surface area contributed by atoms with Gasteiger partial charge in [0, 0.05) is 42.0 Å². The molecule has 0 aliphatic carbocycles. The van der Waals surface area contributed by atoms with Crippen LogP contribution in [0.25, 0.3) is 0 Å². The monoisotopic (exact) mass is 522 g/mol. The van der Waals surface area contributed by atoms with E-state index in [1.807, 2.05) is 17.0 Å². The molecule has 3 aromatic rings. The minimum atomic E-state index is -0.554. The van der Waals surface area contributed by atoms with Crippen molar-refractivity contribution in [3.63, 3.8) is 0 Å². The number of hydrogen-bond donors (Lipinski definition) is 3. The fourth-order valence-corrected chi connectivity index (χ4v) is 5.44. The Balaban J connectivity index is 1.28. The summed E-state index contributed by atoms with van der Waals surface area (Å²) in [6, 6.07) is 12.0. The van der Waals surface area contributed by atoms with Gasteiger partial charge in [0.15, 0.2) is 0 Å². The van der Waals surface area contributed by atoms with Crippen molar-refractivity contribution in [1.29, 1.82) is 0 Å². The number of thioether (sulfide) groups is 1. The lowest BCUT2D eigenvalue weighted by Gasteiger charge is -2.31. The number of hydrazine groups is 1. The quantitative estimate of drug-likeness (QED) is 0.242. The molecular weight excluding hydrogens is 496 g/mol. The van der Waals surface area contributed by atoms with Crippen LogP contribution in [0.1, 0.15) is 44.6 Å². The van der Waals surface area contributed by atoms with Crippen molar-refractivity contribution >= 4 is 46.6 Å². The van der Waals surface area contributed by atoms with Crippen molar-refractivity contribution in [2.75, 3.05) is 24.2 Å². The molecule has 0 radical (unpaired) electrons. The van der Waals surface area contributed by atoms with Crippen LogP contribution >= 0.6 is 23.1 Å². The molecule has 0 bridgehead atoms. The maximum Gasteiger partial charge on any atom is 0.337 e. The zero-order valence-corrected chi connectivity index (χ0v) is 21.1. The third-order valence-electron chi connectivity index (χ3n) is 5.55. The Bertz CT molecular complexity index is 1230. The smallest absolute Gasteiger partial charge is 0.337 e. The Morgan fingerprint density at radius 1 is 1.11 bits per heavy atom. The highest BCUT2D eigenvalue weighted by Gasteiger charge is 2.28. The van der Waals surface area contributed by atoms with E-state index in [4.69, 9.17) is 0 Å². The Labute approximate surface area is 217 Å². The number of aromatic nitrogens is 2. The summed E-state index contributed by atoms with van der Waals surface area (Å²) in [5, 5.41) is 5.86. The molecule has 1 aromatic carbocycles. The Morgan fingerprint density at radius 3 is 2.64 bits per heavy atom. The number of hydrogen-bond acceptors (Lipinski definition) is 7. The maximum atomic E-state index is 13.1. The lowest BCUT2D eigenvalue weighted by Crippen LogP contribution is -2.44. The van der Waals surface area contributed by atoms with E-state index in [0.29, 0.717) is 35.1 Å². The molecule has 4 amide bonds. The number of para-hydroxylation sites is 1. The highest BCUT2D eigenvalue weighted by atomic mass is 32.2. The number of likely N-dealkylation sites (tertiary alicyclic amines) is 1. The van der Waals surface area contributed by atoms with Crippen LogP contribution in [0.2, 0.25) is 0 Å². The van der Waals surface area contributed by atoms with E-state index in [2.05, 4.69) is 32.7 Å². The van der Waals surface area contributed by atoms with E-state index >= 15 is 0 Å². The number of benzene rings is 1. The van der Waals surface area contributed by atoms with Crippen LogP contribution in [-0.2, 0) is 0 Å². The average Bonchev–Trinajstić information content (AvgIpc) is 3.41. The summed E-state index contributed by atoms with van der Waals surface area (Å²) in [6.07, 6.45) is 4.99. The molecule has 3 N–H and O–H groups in total. The van der Waals surface area contributed by atoms with Gasteiger partial charge >= 0.3 is 6.03 Å². The Morgan fingerprint density at radius 2 is 1.89 bits per heavy atom. The number of anilines is 1. The van der Waals surface area contributed by atoms with E-state index in [-0.39, 0.29) is 17.5 Å². The van der Waals surface area contributed by atoms with Crippen molar-refractivity contribution in [3.05, 3.63) is 83.0 Å². The molecule has 11 heteroatoms. The van der Waals surface area contributed by atoms with Gasteiger partial charge in [-0.3, -0.25) is 15.0 Å². The van der Waals surface area contributed by atoms with Crippen molar-refractivity contribution in [1.82, 2.24) is 25.7 Å². The number of nitrogens with zero attached hydrogens (tertiary/aromatic N) is 3. The summed E-state index contributed by atoms with van der Waals surface area (Å²) in [5.74, 6) is 0.340. The predicted octanol–water partition coefficient (Wildman–Crippen LogP) is 4.30. The van der Waals surface area contributed by atoms with E-state index in [9.17, 15) is 14.4 Å². The topological polar surface area (TPSA) is 116 Å². The van der Waals surface area contributed by atoms with Gasteiger partial charge in [-0.15, -0.1) is 29.7 Å². The molecule has 0 atom stereocenters. The first-order valence-corrected chi connectivity index (χ1v) is 13.3. The molecule has 36 heavy (non-hydrogen) atoms. The highest BCUT2D eigenvalue weighted by Crippen LogP contribution is 2.31. The molecule has 186 valence electrons. The number of carbonyl (C=O) groups is 3. The van der Waals surface area contributed by atoms with Gasteiger partial charge in [-0.05, 0) is 37.1 Å². The summed E-state index contributed by atoms with van der Waals surface area (Å²) in [5.41, 5.74) is 6.16. The van der Waals surface area contributed by atoms with Gasteiger partial charge in [0.25, 0.3) is 11.8 Å². The summed E-state index contributed by atoms with van der Waals surface area (Å²) in [6.45, 7) is 4.93. The Kier molecular flexibility index (Phi) is 8.69. The van der Waals surface area contributed by atoms with Gasteiger partial charge in [0.2, 0.25) is 0 Å². The van der Waals surface area contributed by atoms with E-state index < -0.39 is 11.9 Å². The lowest BCUT2D eigenvalue weighted by atomic mass is 9.97. The second kappa shape index (κ2) is 12.3. The summed E-state index contributed by atoms with van der Waals surface area (Å²) >= 11 is 2.91. The van der Waals surface area contributed by atoms with Gasteiger partial charge in [-0.25, -0.2) is 20.2 Å². The van der Waals surface area contributed by atoms with E-state index in [1.165, 1.54) is 23.1 Å². The maximum absolute atomic E-state index is 13.1. The molecule has 9 nitrogen and oxygen atoms in total. The zero-order chi connectivity index (χ0) is 25.3. The SMILES string of the molecule is C=CCSc1ncccc1C(=O)N1CCC(c2nc(C(=O)NNC(=O)Nc3ccccc3)cs2)CC1. The minimum absolute atomic E-state index is 0.0211. The van der Waals surface area contributed by atoms with Gasteiger partial charge in [-0.2, -0.15) is 0 Å². The van der Waals surface area contributed by atoms with Crippen molar-refractivity contribution in [2.24, 2.45) is 0 Å². The number of carbonyl (C=O) groups excluding carboxylic acids is 3. The van der Waals surface area contributed by atoms with Crippen LogP contribution in [0.5, 0.6) is 0 Å². The van der Waals surface area contributed by atoms with Crippen LogP contribution in [0.15, 0.2) is 71.7 Å². The third kappa shape index (κ3) is 6.49. The molecule has 1 fully saturated rings. The molecule has 0 saturated carbocycles. The zero-order valence-electron chi connectivity index (χ0n) is 19.5. The van der Waals surface area contributed by atoms with Crippen molar-refractivity contribution < 1.29 is 14.4 Å². The number of amides is 4. The second-order valence-corrected chi connectivity index (χ2v) is 9.89. The van der Waals surface area contributed by atoms with Crippen molar-refractivity contribution in [3.8, 4) is 0 Å². The van der Waals surface area contributed by atoms with Crippen LogP contribution in [-0.4, -0.2) is 51.6 Å².